The van der Waals surface area contributed by atoms with E-state index in [0.717, 1.165) is 6.42 Å². The second-order valence-corrected chi connectivity index (χ2v) is 5.04. The molecular formula is C18H22O4. The van der Waals surface area contributed by atoms with E-state index in [0.29, 0.717) is 5.75 Å². The number of carboxylic acid groups (broad SMARTS) is 1. The fraction of sp³-hybridized carbons (Fsp3) is 0.278. The Labute approximate surface area is 130 Å². The molecule has 2 rings (SSSR count). The third kappa shape index (κ3) is 5.48. The lowest BCUT2D eigenvalue weighted by Crippen LogP contribution is -1.95. The van der Waals surface area contributed by atoms with Gasteiger partial charge in [-0.25, -0.2) is 4.79 Å². The van der Waals surface area contributed by atoms with Crippen molar-refractivity contribution in [1.82, 2.24) is 0 Å². The standard InChI is InChI=1S/C11H16O.C7H6O3/c1-3-4-5-10-8-11(12)7-6-9(10)2;8-6-4-2-1-3-5(6)7(9)10/h6-8,12H,3-5H2,1-2H3;1-4,8H,(H,9,10). The summed E-state index contributed by atoms with van der Waals surface area (Å²) in [5.74, 6) is -0.931. The number of hydrogen-bond donors (Lipinski definition) is 3. The molecule has 0 saturated carbocycles. The van der Waals surface area contributed by atoms with Crippen LogP contribution in [0.15, 0.2) is 42.5 Å². The minimum Gasteiger partial charge on any atom is -0.508 e. The average molecular weight is 302 g/mol. The lowest BCUT2D eigenvalue weighted by Gasteiger charge is -2.04. The van der Waals surface area contributed by atoms with Gasteiger partial charge in [0.05, 0.1) is 0 Å². The number of phenols is 2. The van der Waals surface area contributed by atoms with Crippen LogP contribution in [-0.2, 0) is 6.42 Å². The van der Waals surface area contributed by atoms with Crippen LogP contribution in [-0.4, -0.2) is 21.3 Å². The monoisotopic (exact) mass is 302 g/mol. The fourth-order valence-corrected chi connectivity index (χ4v) is 1.95. The predicted octanol–water partition coefficient (Wildman–Crippen LogP) is 4.13. The summed E-state index contributed by atoms with van der Waals surface area (Å²) in [5.41, 5.74) is 2.49. The van der Waals surface area contributed by atoms with Gasteiger partial charge in [0, 0.05) is 0 Å². The quantitative estimate of drug-likeness (QED) is 0.793. The van der Waals surface area contributed by atoms with Crippen LogP contribution < -0.4 is 0 Å². The first kappa shape index (κ1) is 17.6. The van der Waals surface area contributed by atoms with Crippen LogP contribution in [0.5, 0.6) is 11.5 Å². The predicted molar refractivity (Wildman–Crippen MR) is 86.5 cm³/mol. The zero-order valence-corrected chi connectivity index (χ0v) is 12.9. The van der Waals surface area contributed by atoms with Crippen molar-refractivity contribution in [3.63, 3.8) is 0 Å². The van der Waals surface area contributed by atoms with Crippen LogP contribution in [0, 0.1) is 6.92 Å². The molecule has 4 heteroatoms. The molecule has 2 aromatic carbocycles. The lowest BCUT2D eigenvalue weighted by molar-refractivity contribution is 0.0693. The van der Waals surface area contributed by atoms with Gasteiger partial charge < -0.3 is 15.3 Å². The number of hydrogen-bond acceptors (Lipinski definition) is 3. The molecule has 4 nitrogen and oxygen atoms in total. The topological polar surface area (TPSA) is 77.8 Å². The average Bonchev–Trinajstić information content (AvgIpc) is 2.49. The van der Waals surface area contributed by atoms with Gasteiger partial charge in [-0.2, -0.15) is 0 Å². The van der Waals surface area contributed by atoms with Gasteiger partial charge in [0.2, 0.25) is 0 Å². The molecule has 0 spiro atoms. The highest BCUT2D eigenvalue weighted by molar-refractivity contribution is 5.90. The Kier molecular flexibility index (Phi) is 6.96. The van der Waals surface area contributed by atoms with Gasteiger partial charge in [-0.05, 0) is 55.2 Å². The van der Waals surface area contributed by atoms with E-state index in [4.69, 9.17) is 10.2 Å². The Morgan fingerprint density at radius 1 is 1.09 bits per heavy atom. The molecule has 118 valence electrons. The molecule has 0 fully saturated rings. The summed E-state index contributed by atoms with van der Waals surface area (Å²) in [6, 6.07) is 11.4. The summed E-state index contributed by atoms with van der Waals surface area (Å²) >= 11 is 0. The molecule has 3 N–H and O–H groups in total. The highest BCUT2D eigenvalue weighted by atomic mass is 16.4. The van der Waals surface area contributed by atoms with Crippen LogP contribution in [0.3, 0.4) is 0 Å². The van der Waals surface area contributed by atoms with E-state index in [1.54, 1.807) is 18.2 Å². The first-order chi connectivity index (χ1) is 10.5. The van der Waals surface area contributed by atoms with Crippen molar-refractivity contribution in [2.24, 2.45) is 0 Å². The van der Waals surface area contributed by atoms with Gasteiger partial charge in [-0.3, -0.25) is 0 Å². The SMILES string of the molecule is CCCCc1cc(O)ccc1C.O=C(O)c1ccccc1O. The molecule has 0 saturated heterocycles. The van der Waals surface area contributed by atoms with Crippen LogP contribution >= 0.6 is 0 Å². The van der Waals surface area contributed by atoms with Crippen molar-refractivity contribution >= 4 is 5.97 Å². The molecule has 0 amide bonds. The van der Waals surface area contributed by atoms with Crippen LogP contribution in [0.2, 0.25) is 0 Å². The van der Waals surface area contributed by atoms with Gasteiger partial charge >= 0.3 is 5.97 Å². The Morgan fingerprint density at radius 3 is 2.32 bits per heavy atom. The van der Waals surface area contributed by atoms with E-state index < -0.39 is 5.97 Å². The number of rotatable bonds is 4. The fourth-order valence-electron chi connectivity index (χ4n) is 1.95. The lowest BCUT2D eigenvalue weighted by atomic mass is 10.0. The third-order valence-electron chi connectivity index (χ3n) is 3.27. The molecule has 0 aliphatic heterocycles. The number of aromatic hydroxyl groups is 2. The molecule has 22 heavy (non-hydrogen) atoms. The summed E-state index contributed by atoms with van der Waals surface area (Å²) < 4.78 is 0. The Balaban J connectivity index is 0.000000224. The smallest absolute Gasteiger partial charge is 0.339 e. The zero-order valence-electron chi connectivity index (χ0n) is 12.9. The molecular weight excluding hydrogens is 280 g/mol. The van der Waals surface area contributed by atoms with Crippen molar-refractivity contribution < 1.29 is 20.1 Å². The molecule has 0 heterocycles. The normalized spacial score (nSPS) is 9.73. The Bertz CT molecular complexity index is 620. The molecule has 0 aromatic heterocycles. The van der Waals surface area contributed by atoms with E-state index in [-0.39, 0.29) is 11.3 Å². The number of carbonyl (C=O) groups is 1. The van der Waals surface area contributed by atoms with Gasteiger partial charge in [-0.15, -0.1) is 0 Å². The maximum Gasteiger partial charge on any atom is 0.339 e. The number of phenolic OH excluding ortho intramolecular Hbond substituents is 1. The second-order valence-electron chi connectivity index (χ2n) is 5.04. The van der Waals surface area contributed by atoms with Crippen molar-refractivity contribution in [1.29, 1.82) is 0 Å². The summed E-state index contributed by atoms with van der Waals surface area (Å²) in [6.07, 6.45) is 3.48. The number of unbranched alkanes of at least 4 members (excludes halogenated alkanes) is 1. The molecule has 0 aliphatic carbocycles. The first-order valence-corrected chi connectivity index (χ1v) is 7.25. The first-order valence-electron chi connectivity index (χ1n) is 7.25. The molecule has 0 radical (unpaired) electrons. The highest BCUT2D eigenvalue weighted by Crippen LogP contribution is 2.17. The Morgan fingerprint density at radius 2 is 1.77 bits per heavy atom. The third-order valence-corrected chi connectivity index (χ3v) is 3.27. The number of benzene rings is 2. The molecule has 0 atom stereocenters. The van der Waals surface area contributed by atoms with Gasteiger partial charge in [0.1, 0.15) is 17.1 Å². The maximum atomic E-state index is 10.3. The van der Waals surface area contributed by atoms with E-state index in [1.165, 1.54) is 36.1 Å². The highest BCUT2D eigenvalue weighted by Gasteiger charge is 2.05. The van der Waals surface area contributed by atoms with Crippen molar-refractivity contribution in [2.45, 2.75) is 33.1 Å². The van der Waals surface area contributed by atoms with E-state index in [9.17, 15) is 9.90 Å². The van der Waals surface area contributed by atoms with Crippen molar-refractivity contribution in [3.05, 3.63) is 59.2 Å². The van der Waals surface area contributed by atoms with Crippen molar-refractivity contribution in [2.75, 3.05) is 0 Å². The van der Waals surface area contributed by atoms with Crippen LogP contribution in [0.4, 0.5) is 0 Å². The number of aryl methyl sites for hydroxylation is 2. The number of para-hydroxylation sites is 1. The molecule has 0 aliphatic rings. The van der Waals surface area contributed by atoms with Crippen LogP contribution in [0.25, 0.3) is 0 Å². The minimum atomic E-state index is -1.11. The molecule has 2 aromatic rings. The van der Waals surface area contributed by atoms with Gasteiger partial charge in [-0.1, -0.05) is 31.5 Å². The summed E-state index contributed by atoms with van der Waals surface area (Å²) in [6.45, 7) is 4.27. The van der Waals surface area contributed by atoms with Gasteiger partial charge in [0.25, 0.3) is 0 Å². The van der Waals surface area contributed by atoms with Gasteiger partial charge in [0.15, 0.2) is 0 Å². The van der Waals surface area contributed by atoms with E-state index in [2.05, 4.69) is 13.8 Å². The minimum absolute atomic E-state index is 0.0671. The van der Waals surface area contributed by atoms with E-state index in [1.807, 2.05) is 12.1 Å². The Hall–Kier alpha value is -2.49. The van der Waals surface area contributed by atoms with E-state index >= 15 is 0 Å². The number of carboxylic acids is 1. The summed E-state index contributed by atoms with van der Waals surface area (Å²) in [4.78, 5) is 10.3. The molecule has 0 bridgehead atoms. The molecule has 0 unspecified atom stereocenters. The summed E-state index contributed by atoms with van der Waals surface area (Å²) in [7, 11) is 0. The largest absolute Gasteiger partial charge is 0.508 e. The maximum absolute atomic E-state index is 10.3. The van der Waals surface area contributed by atoms with Crippen LogP contribution in [0.1, 0.15) is 41.3 Å². The number of aromatic carboxylic acids is 1. The second kappa shape index (κ2) is 8.72. The van der Waals surface area contributed by atoms with Crippen molar-refractivity contribution in [3.8, 4) is 11.5 Å². The zero-order chi connectivity index (χ0) is 16.5. The summed E-state index contributed by atoms with van der Waals surface area (Å²) in [5, 5.41) is 26.5.